The highest BCUT2D eigenvalue weighted by Crippen LogP contribution is 2.45. The molecule has 2 aromatic carbocycles. The molecule has 28 heavy (non-hydrogen) atoms. The minimum Gasteiger partial charge on any atom is -0.297 e. The van der Waals surface area contributed by atoms with Crippen molar-refractivity contribution in [3.8, 4) is 0 Å². The van der Waals surface area contributed by atoms with Gasteiger partial charge in [0, 0.05) is 15.3 Å². The predicted octanol–water partition coefficient (Wildman–Crippen LogP) is 5.76. The van der Waals surface area contributed by atoms with E-state index in [1.54, 1.807) is 23.1 Å². The molecule has 0 aliphatic rings. The zero-order valence-electron chi connectivity index (χ0n) is 15.8. The number of halogens is 2. The van der Waals surface area contributed by atoms with Crippen LogP contribution in [0.4, 0.5) is 4.39 Å². The van der Waals surface area contributed by atoms with Crippen molar-refractivity contribution in [2.45, 2.75) is 37.0 Å². The molecule has 0 spiro atoms. The van der Waals surface area contributed by atoms with Crippen LogP contribution in [0, 0.1) is 11.2 Å². The van der Waals surface area contributed by atoms with Crippen LogP contribution in [-0.2, 0) is 4.79 Å². The molecular weight excluding hydrogens is 397 g/mol. The smallest absolute Gasteiger partial charge is 0.164 e. The van der Waals surface area contributed by atoms with Crippen LogP contribution in [0.15, 0.2) is 66.1 Å². The number of carbonyl (C=O) groups excluding carboxylic acids is 1. The largest absolute Gasteiger partial charge is 0.297 e. The first-order valence-electron chi connectivity index (χ1n) is 8.82. The molecule has 146 valence electrons. The zero-order chi connectivity index (χ0) is 20.3. The molecule has 0 radical (unpaired) electrons. The Morgan fingerprint density at radius 2 is 1.75 bits per heavy atom. The Hall–Kier alpha value is -2.18. The molecule has 0 aliphatic carbocycles. The Kier molecular flexibility index (Phi) is 6.20. The maximum Gasteiger partial charge on any atom is 0.164 e. The molecule has 7 heteroatoms. The van der Waals surface area contributed by atoms with Gasteiger partial charge in [-0.25, -0.2) is 14.1 Å². The Bertz CT molecular complexity index is 922. The summed E-state index contributed by atoms with van der Waals surface area (Å²) in [5, 5.41) is 4.56. The molecule has 3 aromatic rings. The third-order valence-electron chi connectivity index (χ3n) is 4.29. The lowest BCUT2D eigenvalue weighted by Crippen LogP contribution is -2.34. The van der Waals surface area contributed by atoms with E-state index >= 15 is 0 Å². The summed E-state index contributed by atoms with van der Waals surface area (Å²) in [6.07, 6.45) is 2.96. The minimum atomic E-state index is -0.603. The van der Waals surface area contributed by atoms with Gasteiger partial charge >= 0.3 is 0 Å². The SMILES string of the molecule is CC(C)(C)C(=O)C(C(Sc1ccc(Cl)cc1)c1ccc(F)cc1)n1cncn1. The van der Waals surface area contributed by atoms with Crippen molar-refractivity contribution in [1.82, 2.24) is 14.8 Å². The molecule has 4 nitrogen and oxygen atoms in total. The Morgan fingerprint density at radius 3 is 2.29 bits per heavy atom. The van der Waals surface area contributed by atoms with E-state index in [0.29, 0.717) is 5.02 Å². The zero-order valence-corrected chi connectivity index (χ0v) is 17.4. The van der Waals surface area contributed by atoms with E-state index in [-0.39, 0.29) is 16.9 Å². The second kappa shape index (κ2) is 8.45. The third kappa shape index (κ3) is 4.80. The van der Waals surface area contributed by atoms with Crippen LogP contribution >= 0.6 is 23.4 Å². The number of nitrogens with zero attached hydrogens (tertiary/aromatic N) is 3. The predicted molar refractivity (Wildman–Crippen MR) is 110 cm³/mol. The maximum absolute atomic E-state index is 13.5. The van der Waals surface area contributed by atoms with Crippen molar-refractivity contribution in [3.05, 3.63) is 77.6 Å². The molecule has 3 rings (SSSR count). The molecule has 0 bridgehead atoms. The molecule has 0 saturated heterocycles. The van der Waals surface area contributed by atoms with E-state index in [4.69, 9.17) is 11.6 Å². The van der Waals surface area contributed by atoms with Crippen molar-refractivity contribution in [3.63, 3.8) is 0 Å². The first-order chi connectivity index (χ1) is 13.3. The van der Waals surface area contributed by atoms with Crippen LogP contribution < -0.4 is 0 Å². The molecule has 0 N–H and O–H groups in total. The molecule has 1 heterocycles. The summed E-state index contributed by atoms with van der Waals surface area (Å²) in [7, 11) is 0. The van der Waals surface area contributed by atoms with Gasteiger partial charge in [0.25, 0.3) is 0 Å². The standard InChI is InChI=1S/C21H21ClFN3OS/c1-21(2,3)20(27)18(26-13-24-12-25-26)19(14-4-8-16(23)9-5-14)28-17-10-6-15(22)7-11-17/h4-13,18-19H,1-3H3. The fraction of sp³-hybridized carbons (Fsp3) is 0.286. The number of rotatable bonds is 6. The van der Waals surface area contributed by atoms with Gasteiger partial charge in [-0.2, -0.15) is 5.10 Å². The first-order valence-corrected chi connectivity index (χ1v) is 10.1. The fourth-order valence-corrected chi connectivity index (χ4v) is 4.21. The third-order valence-corrected chi connectivity index (χ3v) is 5.87. The first kappa shape index (κ1) is 20.6. The number of thioether (sulfide) groups is 1. The van der Waals surface area contributed by atoms with Gasteiger partial charge in [-0.15, -0.1) is 11.8 Å². The summed E-state index contributed by atoms with van der Waals surface area (Å²) in [6.45, 7) is 5.65. The summed E-state index contributed by atoms with van der Waals surface area (Å²) in [5.74, 6) is -0.299. The molecule has 2 atom stereocenters. The van der Waals surface area contributed by atoms with E-state index in [9.17, 15) is 9.18 Å². The van der Waals surface area contributed by atoms with Gasteiger partial charge < -0.3 is 0 Å². The van der Waals surface area contributed by atoms with Gasteiger partial charge in [0.05, 0.1) is 5.25 Å². The van der Waals surface area contributed by atoms with Gasteiger partial charge in [-0.1, -0.05) is 44.5 Å². The highest BCUT2D eigenvalue weighted by molar-refractivity contribution is 7.99. The number of carbonyl (C=O) groups is 1. The fourth-order valence-electron chi connectivity index (χ4n) is 2.83. The number of ketones is 1. The van der Waals surface area contributed by atoms with Crippen LogP contribution in [0.25, 0.3) is 0 Å². The lowest BCUT2D eigenvalue weighted by atomic mass is 9.84. The van der Waals surface area contributed by atoms with Crippen LogP contribution in [0.5, 0.6) is 0 Å². The normalized spacial score (nSPS) is 13.9. The average molecular weight is 418 g/mol. The highest BCUT2D eigenvalue weighted by Gasteiger charge is 2.38. The molecule has 0 aliphatic heterocycles. The van der Waals surface area contributed by atoms with E-state index in [1.165, 1.54) is 30.2 Å². The number of hydrogen-bond acceptors (Lipinski definition) is 4. The molecule has 0 saturated carbocycles. The number of benzene rings is 2. The Labute approximate surface area is 173 Å². The summed E-state index contributed by atoms with van der Waals surface area (Å²) in [4.78, 5) is 18.4. The molecular formula is C21H21ClFN3OS. The Balaban J connectivity index is 2.09. The van der Waals surface area contributed by atoms with Gasteiger partial charge in [0.15, 0.2) is 5.78 Å². The van der Waals surface area contributed by atoms with Crippen LogP contribution in [0.2, 0.25) is 5.02 Å². The molecule has 1 aromatic heterocycles. The number of hydrogen-bond donors (Lipinski definition) is 0. The quantitative estimate of drug-likeness (QED) is 0.478. The highest BCUT2D eigenvalue weighted by atomic mass is 35.5. The van der Waals surface area contributed by atoms with Gasteiger partial charge in [0.2, 0.25) is 0 Å². The second-order valence-corrected chi connectivity index (χ2v) is 9.13. The molecule has 0 fully saturated rings. The maximum atomic E-state index is 13.5. The van der Waals surface area contributed by atoms with Gasteiger partial charge in [-0.05, 0) is 42.0 Å². The van der Waals surface area contributed by atoms with Crippen LogP contribution in [0.3, 0.4) is 0 Å². The lowest BCUT2D eigenvalue weighted by Gasteiger charge is -2.31. The van der Waals surface area contributed by atoms with E-state index in [1.807, 2.05) is 45.0 Å². The van der Waals surface area contributed by atoms with Crippen molar-refractivity contribution in [2.75, 3.05) is 0 Å². The number of Topliss-reactive ketones (excluding diaryl/α,β-unsaturated/α-hetero) is 1. The monoisotopic (exact) mass is 417 g/mol. The van der Waals surface area contributed by atoms with Crippen molar-refractivity contribution >= 4 is 29.1 Å². The van der Waals surface area contributed by atoms with E-state index < -0.39 is 11.5 Å². The Morgan fingerprint density at radius 1 is 1.11 bits per heavy atom. The average Bonchev–Trinajstić information content (AvgIpc) is 3.17. The van der Waals surface area contributed by atoms with Crippen molar-refractivity contribution in [2.24, 2.45) is 5.41 Å². The summed E-state index contributed by atoms with van der Waals surface area (Å²) in [5.41, 5.74) is 0.245. The minimum absolute atomic E-state index is 0.0220. The molecule has 0 amide bonds. The van der Waals surface area contributed by atoms with Crippen LogP contribution in [-0.4, -0.2) is 20.5 Å². The lowest BCUT2D eigenvalue weighted by molar-refractivity contribution is -0.130. The summed E-state index contributed by atoms with van der Waals surface area (Å²) >= 11 is 7.53. The van der Waals surface area contributed by atoms with Gasteiger partial charge in [0.1, 0.15) is 24.5 Å². The topological polar surface area (TPSA) is 47.8 Å². The van der Waals surface area contributed by atoms with Gasteiger partial charge in [-0.3, -0.25) is 4.79 Å². The van der Waals surface area contributed by atoms with Crippen LogP contribution in [0.1, 0.15) is 37.6 Å². The van der Waals surface area contributed by atoms with Crippen molar-refractivity contribution in [1.29, 1.82) is 0 Å². The van der Waals surface area contributed by atoms with E-state index in [0.717, 1.165) is 10.5 Å². The number of aromatic nitrogens is 3. The summed E-state index contributed by atoms with van der Waals surface area (Å²) in [6, 6.07) is 13.1. The molecule has 2 unspecified atom stereocenters. The van der Waals surface area contributed by atoms with E-state index in [2.05, 4.69) is 10.1 Å². The summed E-state index contributed by atoms with van der Waals surface area (Å²) < 4.78 is 15.1. The second-order valence-electron chi connectivity index (χ2n) is 7.48. The van der Waals surface area contributed by atoms with Crippen molar-refractivity contribution < 1.29 is 9.18 Å².